The maximum Gasteiger partial charge on any atom is 0.253 e. The van der Waals surface area contributed by atoms with Crippen LogP contribution in [0.15, 0.2) is 72.8 Å². The first-order valence-electron chi connectivity index (χ1n) is 10.8. The third-order valence-electron chi connectivity index (χ3n) is 5.82. The molecule has 1 saturated heterocycles. The van der Waals surface area contributed by atoms with Crippen LogP contribution in [0.25, 0.3) is 0 Å². The number of hydrogen-bond donors (Lipinski definition) is 1. The number of rotatable bonds is 6. The molecule has 1 aliphatic rings. The molecule has 0 radical (unpaired) electrons. The molecule has 31 heavy (non-hydrogen) atoms. The zero-order chi connectivity index (χ0) is 21.6. The van der Waals surface area contributed by atoms with E-state index >= 15 is 0 Å². The SMILES string of the molecule is CCc1ccccc1NCc1cccc(C(=O)N2CCN(c3ccccc3F)CC2)c1. The lowest BCUT2D eigenvalue weighted by Gasteiger charge is -2.36. The van der Waals surface area contributed by atoms with E-state index in [2.05, 4.69) is 30.4 Å². The number of hydrogen-bond acceptors (Lipinski definition) is 3. The Morgan fingerprint density at radius 1 is 0.935 bits per heavy atom. The van der Waals surface area contributed by atoms with E-state index < -0.39 is 0 Å². The van der Waals surface area contributed by atoms with Crippen molar-refractivity contribution in [2.75, 3.05) is 36.4 Å². The van der Waals surface area contributed by atoms with Crippen LogP contribution in [0, 0.1) is 5.82 Å². The number of halogens is 1. The summed E-state index contributed by atoms with van der Waals surface area (Å²) in [6, 6.07) is 22.9. The van der Waals surface area contributed by atoms with Gasteiger partial charge in [0.05, 0.1) is 5.69 Å². The molecule has 0 aromatic heterocycles. The normalized spacial score (nSPS) is 13.9. The van der Waals surface area contributed by atoms with Crippen molar-refractivity contribution in [2.24, 2.45) is 0 Å². The minimum atomic E-state index is -0.216. The highest BCUT2D eigenvalue weighted by Gasteiger charge is 2.23. The van der Waals surface area contributed by atoms with Crippen molar-refractivity contribution in [1.82, 2.24) is 4.90 Å². The van der Waals surface area contributed by atoms with Crippen molar-refractivity contribution in [3.8, 4) is 0 Å². The van der Waals surface area contributed by atoms with Crippen LogP contribution >= 0.6 is 0 Å². The van der Waals surface area contributed by atoms with Gasteiger partial charge in [-0.15, -0.1) is 0 Å². The Bertz CT molecular complexity index is 1040. The number of nitrogens with one attached hydrogen (secondary N) is 1. The largest absolute Gasteiger partial charge is 0.381 e. The zero-order valence-corrected chi connectivity index (χ0v) is 17.9. The van der Waals surface area contributed by atoms with Gasteiger partial charge in [-0.25, -0.2) is 4.39 Å². The maximum atomic E-state index is 14.1. The standard InChI is InChI=1S/C26H28FN3O/c1-2-21-9-3-5-12-24(21)28-19-20-8-7-10-22(18-20)26(31)30-16-14-29(15-17-30)25-13-6-4-11-23(25)27/h3-13,18,28H,2,14-17,19H2,1H3. The van der Waals surface area contributed by atoms with Gasteiger partial charge in [0.25, 0.3) is 5.91 Å². The van der Waals surface area contributed by atoms with Gasteiger partial charge in [-0.1, -0.05) is 49.4 Å². The fraction of sp³-hybridized carbons (Fsp3) is 0.269. The lowest BCUT2D eigenvalue weighted by molar-refractivity contribution is 0.0746. The van der Waals surface area contributed by atoms with Gasteiger partial charge in [0.1, 0.15) is 5.82 Å². The summed E-state index contributed by atoms with van der Waals surface area (Å²) in [4.78, 5) is 16.9. The van der Waals surface area contributed by atoms with Crippen LogP contribution in [0.5, 0.6) is 0 Å². The van der Waals surface area contributed by atoms with Crippen molar-refractivity contribution >= 4 is 17.3 Å². The predicted molar refractivity (Wildman–Crippen MR) is 124 cm³/mol. The van der Waals surface area contributed by atoms with E-state index in [1.165, 1.54) is 11.6 Å². The van der Waals surface area contributed by atoms with Gasteiger partial charge in [0, 0.05) is 44.0 Å². The first-order chi connectivity index (χ1) is 15.2. The maximum absolute atomic E-state index is 14.1. The van der Waals surface area contributed by atoms with Crippen LogP contribution in [0.1, 0.15) is 28.4 Å². The number of para-hydroxylation sites is 2. The number of piperazine rings is 1. The van der Waals surface area contributed by atoms with Gasteiger partial charge in [-0.2, -0.15) is 0 Å². The molecular weight excluding hydrogens is 389 g/mol. The first kappa shape index (κ1) is 20.9. The Morgan fingerprint density at radius 3 is 2.45 bits per heavy atom. The number of anilines is 2. The summed E-state index contributed by atoms with van der Waals surface area (Å²) >= 11 is 0. The van der Waals surface area contributed by atoms with Gasteiger partial charge < -0.3 is 15.1 Å². The molecular formula is C26H28FN3O. The third kappa shape index (κ3) is 4.88. The van der Waals surface area contributed by atoms with E-state index in [1.807, 2.05) is 46.2 Å². The smallest absolute Gasteiger partial charge is 0.253 e. The number of carbonyl (C=O) groups excluding carboxylic acids is 1. The molecule has 0 saturated carbocycles. The topological polar surface area (TPSA) is 35.6 Å². The van der Waals surface area contributed by atoms with Crippen LogP contribution in [0.4, 0.5) is 15.8 Å². The molecule has 1 aliphatic heterocycles. The number of carbonyl (C=O) groups is 1. The third-order valence-corrected chi connectivity index (χ3v) is 5.82. The fourth-order valence-electron chi connectivity index (χ4n) is 4.05. The van der Waals surface area contributed by atoms with E-state index in [9.17, 15) is 9.18 Å². The molecule has 1 N–H and O–H groups in total. The Balaban J connectivity index is 1.38. The van der Waals surface area contributed by atoms with Crippen molar-refractivity contribution in [3.63, 3.8) is 0 Å². The van der Waals surface area contributed by atoms with Crippen molar-refractivity contribution < 1.29 is 9.18 Å². The number of nitrogens with zero attached hydrogens (tertiary/aromatic N) is 2. The van der Waals surface area contributed by atoms with Crippen molar-refractivity contribution in [1.29, 1.82) is 0 Å². The van der Waals surface area contributed by atoms with E-state index in [-0.39, 0.29) is 11.7 Å². The highest BCUT2D eigenvalue weighted by Crippen LogP contribution is 2.21. The van der Waals surface area contributed by atoms with Gasteiger partial charge in [-0.3, -0.25) is 4.79 Å². The molecule has 3 aromatic carbocycles. The second kappa shape index (κ2) is 9.65. The van der Waals surface area contributed by atoms with Crippen molar-refractivity contribution in [3.05, 3.63) is 95.3 Å². The fourth-order valence-corrected chi connectivity index (χ4v) is 4.05. The summed E-state index contributed by atoms with van der Waals surface area (Å²) in [5.74, 6) is -0.184. The molecule has 1 amide bonds. The minimum absolute atomic E-state index is 0.0315. The van der Waals surface area contributed by atoms with E-state index in [0.29, 0.717) is 44.0 Å². The highest BCUT2D eigenvalue weighted by molar-refractivity contribution is 5.94. The van der Waals surface area contributed by atoms with Crippen LogP contribution in [-0.2, 0) is 13.0 Å². The lowest BCUT2D eigenvalue weighted by Crippen LogP contribution is -2.49. The summed E-state index contributed by atoms with van der Waals surface area (Å²) < 4.78 is 14.1. The average Bonchev–Trinajstić information content (AvgIpc) is 2.83. The molecule has 1 heterocycles. The average molecular weight is 418 g/mol. The van der Waals surface area contributed by atoms with E-state index in [4.69, 9.17) is 0 Å². The number of amides is 1. The molecule has 4 rings (SSSR count). The van der Waals surface area contributed by atoms with Crippen molar-refractivity contribution in [2.45, 2.75) is 19.9 Å². The monoisotopic (exact) mass is 417 g/mol. The highest BCUT2D eigenvalue weighted by atomic mass is 19.1. The molecule has 5 heteroatoms. The Morgan fingerprint density at radius 2 is 1.68 bits per heavy atom. The quantitative estimate of drug-likeness (QED) is 0.616. The Hall–Kier alpha value is -3.34. The molecule has 3 aromatic rings. The van der Waals surface area contributed by atoms with Crippen LogP contribution in [0.2, 0.25) is 0 Å². The summed E-state index contributed by atoms with van der Waals surface area (Å²) in [5.41, 5.74) is 4.78. The Kier molecular flexibility index (Phi) is 6.51. The van der Waals surface area contributed by atoms with Gasteiger partial charge in [0.15, 0.2) is 0 Å². The first-order valence-corrected chi connectivity index (χ1v) is 10.8. The van der Waals surface area contributed by atoms with Crippen LogP contribution in [0.3, 0.4) is 0 Å². The number of aryl methyl sites for hydroxylation is 1. The van der Waals surface area contributed by atoms with Crippen LogP contribution < -0.4 is 10.2 Å². The summed E-state index contributed by atoms with van der Waals surface area (Å²) in [6.45, 7) is 5.23. The molecule has 4 nitrogen and oxygen atoms in total. The number of benzene rings is 3. The van der Waals surface area contributed by atoms with Gasteiger partial charge in [-0.05, 0) is 47.9 Å². The van der Waals surface area contributed by atoms with E-state index in [1.54, 1.807) is 12.1 Å². The summed E-state index contributed by atoms with van der Waals surface area (Å²) in [7, 11) is 0. The van der Waals surface area contributed by atoms with Crippen LogP contribution in [-0.4, -0.2) is 37.0 Å². The summed E-state index contributed by atoms with van der Waals surface area (Å²) in [6.07, 6.45) is 0.973. The minimum Gasteiger partial charge on any atom is -0.381 e. The van der Waals surface area contributed by atoms with E-state index in [0.717, 1.165) is 17.7 Å². The van der Waals surface area contributed by atoms with Gasteiger partial charge in [0.2, 0.25) is 0 Å². The second-order valence-corrected chi connectivity index (χ2v) is 7.80. The lowest BCUT2D eigenvalue weighted by atomic mass is 10.1. The summed E-state index contributed by atoms with van der Waals surface area (Å²) in [5, 5.41) is 3.49. The zero-order valence-electron chi connectivity index (χ0n) is 17.9. The molecule has 0 spiro atoms. The molecule has 0 aliphatic carbocycles. The molecule has 160 valence electrons. The van der Waals surface area contributed by atoms with Gasteiger partial charge >= 0.3 is 0 Å². The molecule has 0 atom stereocenters. The second-order valence-electron chi connectivity index (χ2n) is 7.80. The molecule has 1 fully saturated rings. The Labute approximate surface area is 183 Å². The molecule has 0 bridgehead atoms. The molecule has 0 unspecified atom stereocenters. The predicted octanol–water partition coefficient (Wildman–Crippen LogP) is 4.96.